The maximum atomic E-state index is 13.6. The highest BCUT2D eigenvalue weighted by molar-refractivity contribution is 5.93. The van der Waals surface area contributed by atoms with Crippen molar-refractivity contribution in [2.24, 2.45) is 0 Å². The Labute approximate surface area is 191 Å². The number of hydrogen-bond donors (Lipinski definition) is 1. The second-order valence-electron chi connectivity index (χ2n) is 8.63. The number of piperidine rings is 1. The minimum absolute atomic E-state index is 0.119. The van der Waals surface area contributed by atoms with E-state index in [0.29, 0.717) is 22.6 Å². The van der Waals surface area contributed by atoms with Gasteiger partial charge in [0.15, 0.2) is 17.2 Å². The molecule has 2 fully saturated rings. The Bertz CT molecular complexity index is 1240. The van der Waals surface area contributed by atoms with Gasteiger partial charge in [0.2, 0.25) is 5.95 Å². The standard InChI is InChI=1S/C13H21N3.C10H8FN5O/c1-4-8-15(9-5-1)13-10-14-16(11-13)12-6-2-3-7-12;1-17-8-3-7-5(2-6(8)11)9-13-4-14-16(9)10(12)15-7/h10-12H,1-9H2;2-4H,1H3,(H2,12,15). The molecule has 0 amide bonds. The molecule has 2 aliphatic rings. The molecule has 1 saturated heterocycles. The summed E-state index contributed by atoms with van der Waals surface area (Å²) in [5, 5.41) is 8.99. The number of ether oxygens (including phenoxy) is 1. The average Bonchev–Trinajstić information content (AvgIpc) is 3.62. The first-order valence-electron chi connectivity index (χ1n) is 11.6. The summed E-state index contributed by atoms with van der Waals surface area (Å²) in [6.45, 7) is 2.44. The van der Waals surface area contributed by atoms with E-state index in [2.05, 4.69) is 42.1 Å². The third kappa shape index (κ3) is 4.29. The number of methoxy groups -OCH3 is 1. The van der Waals surface area contributed by atoms with Gasteiger partial charge in [-0.3, -0.25) is 4.68 Å². The van der Waals surface area contributed by atoms with Crippen LogP contribution in [-0.4, -0.2) is 49.6 Å². The fourth-order valence-corrected chi connectivity index (χ4v) is 4.75. The van der Waals surface area contributed by atoms with Gasteiger partial charge in [-0.25, -0.2) is 14.4 Å². The van der Waals surface area contributed by atoms with E-state index >= 15 is 0 Å². The molecule has 4 heterocycles. The lowest BCUT2D eigenvalue weighted by Crippen LogP contribution is -2.28. The fraction of sp³-hybridized carbons (Fsp3) is 0.478. The molecule has 10 heteroatoms. The second kappa shape index (κ2) is 9.21. The SMILES string of the molecule is COc1cc2nc(N)n3ncnc3c2cc1F.c1nn(C2CCCC2)cc1N1CCCCC1. The summed E-state index contributed by atoms with van der Waals surface area (Å²) in [7, 11) is 1.39. The van der Waals surface area contributed by atoms with Crippen LogP contribution in [-0.2, 0) is 0 Å². The van der Waals surface area contributed by atoms with Crippen molar-refractivity contribution in [3.05, 3.63) is 36.7 Å². The number of nitrogens with two attached hydrogens (primary N) is 1. The molecule has 6 rings (SSSR count). The molecule has 0 radical (unpaired) electrons. The maximum absolute atomic E-state index is 13.6. The van der Waals surface area contributed by atoms with E-state index in [0.717, 1.165) is 0 Å². The maximum Gasteiger partial charge on any atom is 0.223 e. The highest BCUT2D eigenvalue weighted by atomic mass is 19.1. The molecular formula is C23H29FN8O. The molecule has 33 heavy (non-hydrogen) atoms. The van der Waals surface area contributed by atoms with E-state index in [1.54, 1.807) is 0 Å². The molecule has 1 saturated carbocycles. The van der Waals surface area contributed by atoms with Crippen LogP contribution in [0.3, 0.4) is 0 Å². The molecule has 9 nitrogen and oxygen atoms in total. The number of halogens is 1. The van der Waals surface area contributed by atoms with E-state index in [1.165, 1.54) is 93.8 Å². The largest absolute Gasteiger partial charge is 0.494 e. The summed E-state index contributed by atoms with van der Waals surface area (Å²) in [4.78, 5) is 10.6. The molecule has 3 aromatic heterocycles. The number of benzene rings is 1. The first-order valence-corrected chi connectivity index (χ1v) is 11.6. The molecule has 1 aliphatic carbocycles. The molecule has 0 unspecified atom stereocenters. The van der Waals surface area contributed by atoms with Crippen LogP contribution >= 0.6 is 0 Å². The summed E-state index contributed by atoms with van der Waals surface area (Å²) >= 11 is 0. The Hall–Kier alpha value is -3.43. The Morgan fingerprint density at radius 1 is 1.06 bits per heavy atom. The zero-order valence-corrected chi connectivity index (χ0v) is 18.8. The van der Waals surface area contributed by atoms with Crippen molar-refractivity contribution in [1.82, 2.24) is 29.4 Å². The molecule has 1 aromatic carbocycles. The monoisotopic (exact) mass is 452 g/mol. The third-order valence-electron chi connectivity index (χ3n) is 6.52. The van der Waals surface area contributed by atoms with Crippen LogP contribution in [0.4, 0.5) is 16.0 Å². The van der Waals surface area contributed by atoms with Gasteiger partial charge in [-0.1, -0.05) is 12.8 Å². The van der Waals surface area contributed by atoms with Crippen molar-refractivity contribution < 1.29 is 9.13 Å². The normalized spacial score (nSPS) is 16.8. The molecule has 0 atom stereocenters. The van der Waals surface area contributed by atoms with Crippen molar-refractivity contribution in [2.45, 2.75) is 51.0 Å². The molecule has 0 bridgehead atoms. The Morgan fingerprint density at radius 3 is 2.61 bits per heavy atom. The number of nitrogens with zero attached hydrogens (tertiary/aromatic N) is 7. The van der Waals surface area contributed by atoms with Crippen molar-refractivity contribution in [2.75, 3.05) is 30.8 Å². The van der Waals surface area contributed by atoms with Gasteiger partial charge in [0, 0.05) is 30.7 Å². The van der Waals surface area contributed by atoms with Gasteiger partial charge in [0.25, 0.3) is 0 Å². The number of hydrogen-bond acceptors (Lipinski definition) is 7. The first kappa shape index (κ1) is 21.4. The number of anilines is 2. The van der Waals surface area contributed by atoms with E-state index in [4.69, 9.17) is 10.5 Å². The smallest absolute Gasteiger partial charge is 0.223 e. The Balaban J connectivity index is 0.000000139. The molecule has 0 spiro atoms. The number of rotatable bonds is 3. The quantitative estimate of drug-likeness (QED) is 0.502. The zero-order chi connectivity index (χ0) is 22.8. The highest BCUT2D eigenvalue weighted by Gasteiger charge is 2.19. The van der Waals surface area contributed by atoms with Crippen LogP contribution in [0.1, 0.15) is 51.0 Å². The number of aromatic nitrogens is 6. The average molecular weight is 453 g/mol. The van der Waals surface area contributed by atoms with Gasteiger partial charge in [-0.2, -0.15) is 14.7 Å². The van der Waals surface area contributed by atoms with Gasteiger partial charge in [0.1, 0.15) is 6.33 Å². The van der Waals surface area contributed by atoms with Crippen LogP contribution in [0, 0.1) is 5.82 Å². The molecule has 1 aliphatic heterocycles. The minimum atomic E-state index is -0.475. The third-order valence-corrected chi connectivity index (χ3v) is 6.52. The molecule has 4 aromatic rings. The predicted molar refractivity (Wildman–Crippen MR) is 125 cm³/mol. The van der Waals surface area contributed by atoms with Gasteiger partial charge in [0.05, 0.1) is 30.6 Å². The Kier molecular flexibility index (Phi) is 5.97. The van der Waals surface area contributed by atoms with Crippen molar-refractivity contribution in [1.29, 1.82) is 0 Å². The van der Waals surface area contributed by atoms with Crippen LogP contribution in [0.25, 0.3) is 16.6 Å². The van der Waals surface area contributed by atoms with E-state index in [-0.39, 0.29) is 11.7 Å². The molecular weight excluding hydrogens is 423 g/mol. The van der Waals surface area contributed by atoms with Crippen molar-refractivity contribution in [3.8, 4) is 5.75 Å². The molecule has 174 valence electrons. The van der Waals surface area contributed by atoms with E-state index in [1.807, 2.05) is 0 Å². The van der Waals surface area contributed by atoms with E-state index in [9.17, 15) is 4.39 Å². The lowest BCUT2D eigenvalue weighted by molar-refractivity contribution is 0.387. The van der Waals surface area contributed by atoms with Gasteiger partial charge in [-0.15, -0.1) is 0 Å². The van der Waals surface area contributed by atoms with Gasteiger partial charge in [-0.05, 0) is 38.2 Å². The van der Waals surface area contributed by atoms with Crippen LogP contribution < -0.4 is 15.4 Å². The summed E-state index contributed by atoms with van der Waals surface area (Å²) in [5.41, 5.74) is 8.03. The lowest BCUT2D eigenvalue weighted by atomic mass is 10.1. The fourth-order valence-electron chi connectivity index (χ4n) is 4.75. The summed E-state index contributed by atoms with van der Waals surface area (Å²) in [6, 6.07) is 3.47. The summed E-state index contributed by atoms with van der Waals surface area (Å²) in [5.74, 6) is -0.164. The zero-order valence-electron chi connectivity index (χ0n) is 18.8. The Morgan fingerprint density at radius 2 is 1.85 bits per heavy atom. The van der Waals surface area contributed by atoms with Crippen LogP contribution in [0.15, 0.2) is 30.9 Å². The second-order valence-corrected chi connectivity index (χ2v) is 8.63. The number of nitrogen functional groups attached to an aromatic ring is 1. The summed E-state index contributed by atoms with van der Waals surface area (Å²) < 4.78 is 22.1. The lowest BCUT2D eigenvalue weighted by Gasteiger charge is -2.27. The van der Waals surface area contributed by atoms with Crippen molar-refractivity contribution in [3.63, 3.8) is 0 Å². The topological polar surface area (TPSA) is 99.4 Å². The first-order chi connectivity index (χ1) is 16.1. The van der Waals surface area contributed by atoms with Crippen LogP contribution in [0.2, 0.25) is 0 Å². The van der Waals surface area contributed by atoms with Gasteiger partial charge >= 0.3 is 0 Å². The van der Waals surface area contributed by atoms with Gasteiger partial charge < -0.3 is 15.4 Å². The summed E-state index contributed by atoms with van der Waals surface area (Å²) in [6.07, 6.45) is 15.1. The van der Waals surface area contributed by atoms with E-state index < -0.39 is 5.82 Å². The minimum Gasteiger partial charge on any atom is -0.494 e. The predicted octanol–water partition coefficient (Wildman–Crippen LogP) is 4.00. The number of fused-ring (bicyclic) bond motifs is 3. The highest BCUT2D eigenvalue weighted by Crippen LogP contribution is 2.30. The van der Waals surface area contributed by atoms with Crippen LogP contribution in [0.5, 0.6) is 5.75 Å². The molecule has 2 N–H and O–H groups in total. The van der Waals surface area contributed by atoms with Crippen molar-refractivity contribution >= 4 is 28.2 Å².